The molecule has 0 saturated carbocycles. The van der Waals surface area contributed by atoms with Crippen molar-refractivity contribution >= 4 is 29.3 Å². The summed E-state index contributed by atoms with van der Waals surface area (Å²) in [5.74, 6) is 1.99. The van der Waals surface area contributed by atoms with E-state index in [1.165, 1.54) is 11.8 Å². The van der Waals surface area contributed by atoms with Crippen molar-refractivity contribution in [3.05, 3.63) is 70.5 Å². The average molecular weight is 445 g/mol. The number of nitrogens with one attached hydrogen (secondary N) is 1. The van der Waals surface area contributed by atoms with Gasteiger partial charge in [0, 0.05) is 25.0 Å². The molecule has 8 heteroatoms. The third kappa shape index (κ3) is 6.50. The summed E-state index contributed by atoms with van der Waals surface area (Å²) >= 11 is 7.35. The molecule has 0 saturated heterocycles. The second-order valence-electron chi connectivity index (χ2n) is 6.87. The van der Waals surface area contributed by atoms with Crippen molar-refractivity contribution in [3.8, 4) is 5.75 Å². The molecule has 3 aromatic rings. The number of hydrogen-bond acceptors (Lipinski definition) is 5. The van der Waals surface area contributed by atoms with E-state index in [2.05, 4.69) is 15.5 Å². The van der Waals surface area contributed by atoms with E-state index in [9.17, 15) is 4.79 Å². The molecule has 0 spiro atoms. The van der Waals surface area contributed by atoms with Gasteiger partial charge in [0.05, 0.1) is 12.4 Å². The zero-order valence-electron chi connectivity index (χ0n) is 17.1. The number of benzene rings is 2. The lowest BCUT2D eigenvalue weighted by atomic mass is 10.2. The number of rotatable bonds is 10. The molecule has 30 heavy (non-hydrogen) atoms. The fraction of sp³-hybridized carbons (Fsp3) is 0.318. The number of aromatic nitrogens is 3. The molecular formula is C22H25ClN4O2S. The van der Waals surface area contributed by atoms with Crippen molar-refractivity contribution < 1.29 is 9.53 Å². The molecule has 2 aromatic carbocycles. The highest BCUT2D eigenvalue weighted by molar-refractivity contribution is 7.99. The van der Waals surface area contributed by atoms with Crippen LogP contribution in [0.15, 0.2) is 53.7 Å². The lowest BCUT2D eigenvalue weighted by Gasteiger charge is -2.09. The zero-order chi connectivity index (χ0) is 21.3. The highest BCUT2D eigenvalue weighted by Gasteiger charge is 2.11. The number of ether oxygens (including phenoxy) is 1. The summed E-state index contributed by atoms with van der Waals surface area (Å²) < 4.78 is 7.76. The molecule has 1 amide bonds. The van der Waals surface area contributed by atoms with Gasteiger partial charge in [0.1, 0.15) is 11.6 Å². The molecule has 1 aromatic heterocycles. The molecule has 0 fully saturated rings. The number of aryl methyl sites for hydroxylation is 2. The summed E-state index contributed by atoms with van der Waals surface area (Å²) in [7, 11) is 1.92. The van der Waals surface area contributed by atoms with Crippen LogP contribution in [0, 0.1) is 6.92 Å². The largest absolute Gasteiger partial charge is 0.493 e. The van der Waals surface area contributed by atoms with Gasteiger partial charge in [-0.1, -0.05) is 53.7 Å². The van der Waals surface area contributed by atoms with Crippen molar-refractivity contribution in [3.63, 3.8) is 0 Å². The van der Waals surface area contributed by atoms with Crippen LogP contribution in [0.25, 0.3) is 0 Å². The first-order valence-corrected chi connectivity index (χ1v) is 11.1. The Morgan fingerprint density at radius 3 is 2.77 bits per heavy atom. The predicted molar refractivity (Wildman–Crippen MR) is 120 cm³/mol. The van der Waals surface area contributed by atoms with Crippen molar-refractivity contribution in [1.29, 1.82) is 0 Å². The van der Waals surface area contributed by atoms with Gasteiger partial charge < -0.3 is 14.6 Å². The molecule has 0 unspecified atom stereocenters. The van der Waals surface area contributed by atoms with Crippen molar-refractivity contribution in [2.24, 2.45) is 7.05 Å². The lowest BCUT2D eigenvalue weighted by Crippen LogP contribution is -2.24. The van der Waals surface area contributed by atoms with E-state index >= 15 is 0 Å². The van der Waals surface area contributed by atoms with Crippen LogP contribution < -0.4 is 10.1 Å². The second kappa shape index (κ2) is 11.0. The van der Waals surface area contributed by atoms with E-state index in [-0.39, 0.29) is 5.91 Å². The van der Waals surface area contributed by atoms with E-state index in [1.54, 1.807) is 0 Å². The normalized spacial score (nSPS) is 10.8. The van der Waals surface area contributed by atoms with Crippen LogP contribution in [0.3, 0.4) is 0 Å². The van der Waals surface area contributed by atoms with E-state index in [0.29, 0.717) is 23.9 Å². The third-order valence-corrected chi connectivity index (χ3v) is 5.78. The Hall–Kier alpha value is -2.51. The van der Waals surface area contributed by atoms with Gasteiger partial charge in [0.15, 0.2) is 5.16 Å². The Balaban J connectivity index is 1.40. The van der Waals surface area contributed by atoms with E-state index in [4.69, 9.17) is 16.3 Å². The summed E-state index contributed by atoms with van der Waals surface area (Å²) in [5.41, 5.74) is 2.10. The minimum Gasteiger partial charge on any atom is -0.493 e. The Bertz CT molecular complexity index is 979. The molecule has 0 atom stereocenters. The number of hydrogen-bond donors (Lipinski definition) is 1. The molecule has 0 aliphatic rings. The van der Waals surface area contributed by atoms with Crippen molar-refractivity contribution in [1.82, 2.24) is 20.1 Å². The zero-order valence-corrected chi connectivity index (χ0v) is 18.7. The average Bonchev–Trinajstić information content (AvgIpc) is 3.09. The van der Waals surface area contributed by atoms with Gasteiger partial charge in [-0.25, -0.2) is 0 Å². The van der Waals surface area contributed by atoms with Gasteiger partial charge in [-0.3, -0.25) is 4.79 Å². The number of carbonyl (C=O) groups excluding carboxylic acids is 1. The Labute approximate surface area is 186 Å². The van der Waals surface area contributed by atoms with Crippen molar-refractivity contribution in [2.45, 2.75) is 31.5 Å². The summed E-state index contributed by atoms with van der Waals surface area (Å²) in [5, 5.41) is 12.8. The van der Waals surface area contributed by atoms with Crippen LogP contribution in [0.4, 0.5) is 0 Å². The standard InChI is InChI=1S/C22H25ClN4O2S/c1-16-13-18(23)10-11-19(16)29-12-6-9-20-25-26-22(27(20)2)30-15-21(28)24-14-17-7-4-3-5-8-17/h3-5,7-8,10-11,13H,6,9,12,14-15H2,1-2H3,(H,24,28). The number of thioether (sulfide) groups is 1. The molecular weight excluding hydrogens is 420 g/mol. The number of carbonyl (C=O) groups is 1. The summed E-state index contributed by atoms with van der Waals surface area (Å²) in [6, 6.07) is 15.4. The van der Waals surface area contributed by atoms with Crippen LogP contribution in [-0.4, -0.2) is 33.0 Å². The highest BCUT2D eigenvalue weighted by atomic mass is 35.5. The topological polar surface area (TPSA) is 69.0 Å². The maximum absolute atomic E-state index is 12.1. The SMILES string of the molecule is Cc1cc(Cl)ccc1OCCCc1nnc(SCC(=O)NCc2ccccc2)n1C. The fourth-order valence-electron chi connectivity index (χ4n) is 2.85. The minimum absolute atomic E-state index is 0.0277. The van der Waals surface area contributed by atoms with Crippen LogP contribution in [0.2, 0.25) is 5.02 Å². The fourth-order valence-corrected chi connectivity index (χ4v) is 3.84. The number of nitrogens with zero attached hydrogens (tertiary/aromatic N) is 3. The molecule has 0 bridgehead atoms. The quantitative estimate of drug-likeness (QED) is 0.375. The first-order valence-electron chi connectivity index (χ1n) is 9.73. The smallest absolute Gasteiger partial charge is 0.230 e. The van der Waals surface area contributed by atoms with Gasteiger partial charge in [-0.2, -0.15) is 0 Å². The summed E-state index contributed by atoms with van der Waals surface area (Å²) in [6.07, 6.45) is 1.56. The molecule has 0 aliphatic carbocycles. The van der Waals surface area contributed by atoms with Crippen LogP contribution in [0.5, 0.6) is 5.75 Å². The monoisotopic (exact) mass is 444 g/mol. The number of amides is 1. The molecule has 0 radical (unpaired) electrons. The van der Waals surface area contributed by atoms with Gasteiger partial charge in [-0.15, -0.1) is 10.2 Å². The summed E-state index contributed by atoms with van der Waals surface area (Å²) in [4.78, 5) is 12.1. The molecule has 3 rings (SSSR count). The minimum atomic E-state index is -0.0277. The van der Waals surface area contributed by atoms with Gasteiger partial charge in [0.25, 0.3) is 0 Å². The first kappa shape index (κ1) is 22.2. The van der Waals surface area contributed by atoms with Gasteiger partial charge >= 0.3 is 0 Å². The van der Waals surface area contributed by atoms with Crippen LogP contribution in [-0.2, 0) is 24.8 Å². The molecule has 1 N–H and O–H groups in total. The maximum Gasteiger partial charge on any atom is 0.230 e. The van der Waals surface area contributed by atoms with E-state index in [1.807, 2.05) is 67.1 Å². The van der Waals surface area contributed by atoms with E-state index in [0.717, 1.165) is 40.7 Å². The third-order valence-electron chi connectivity index (χ3n) is 4.53. The first-order chi connectivity index (χ1) is 14.5. The van der Waals surface area contributed by atoms with Crippen LogP contribution >= 0.6 is 23.4 Å². The molecule has 0 aliphatic heterocycles. The highest BCUT2D eigenvalue weighted by Crippen LogP contribution is 2.22. The van der Waals surface area contributed by atoms with Crippen molar-refractivity contribution in [2.75, 3.05) is 12.4 Å². The maximum atomic E-state index is 12.1. The predicted octanol–water partition coefficient (Wildman–Crippen LogP) is 4.20. The van der Waals surface area contributed by atoms with E-state index < -0.39 is 0 Å². The van der Waals surface area contributed by atoms with Gasteiger partial charge in [-0.05, 0) is 42.7 Å². The van der Waals surface area contributed by atoms with Gasteiger partial charge in [0.2, 0.25) is 5.91 Å². The molecule has 1 heterocycles. The summed E-state index contributed by atoms with van der Waals surface area (Å²) in [6.45, 7) is 3.08. The molecule has 158 valence electrons. The molecule has 6 nitrogen and oxygen atoms in total. The Morgan fingerprint density at radius 1 is 1.20 bits per heavy atom. The lowest BCUT2D eigenvalue weighted by molar-refractivity contribution is -0.118. The second-order valence-corrected chi connectivity index (χ2v) is 8.25. The Kier molecular flexibility index (Phi) is 8.16. The number of halogens is 1. The van der Waals surface area contributed by atoms with Crippen LogP contribution in [0.1, 0.15) is 23.4 Å². The Morgan fingerprint density at radius 2 is 2.00 bits per heavy atom.